The number of imide groups is 1. The van der Waals surface area contributed by atoms with Gasteiger partial charge >= 0.3 is 0 Å². The SMILES string of the molecule is O=C1c2ccccc2[C@@H](C=NCc2cccs2)C(=O)N1c1ccccn1. The first-order chi connectivity index (χ1) is 12.8. The molecule has 5 nitrogen and oxygen atoms in total. The fourth-order valence-electron chi connectivity index (χ4n) is 2.95. The van der Waals surface area contributed by atoms with Crippen LogP contribution in [0.3, 0.4) is 0 Å². The number of nitrogens with zero attached hydrogens (tertiary/aromatic N) is 3. The summed E-state index contributed by atoms with van der Waals surface area (Å²) >= 11 is 1.62. The van der Waals surface area contributed by atoms with Gasteiger partial charge in [0.2, 0.25) is 5.91 Å². The van der Waals surface area contributed by atoms with E-state index in [1.807, 2.05) is 29.6 Å². The lowest BCUT2D eigenvalue weighted by Crippen LogP contribution is -2.45. The number of carbonyl (C=O) groups is 2. The smallest absolute Gasteiger partial charge is 0.266 e. The van der Waals surface area contributed by atoms with E-state index >= 15 is 0 Å². The molecule has 0 fully saturated rings. The third-order valence-electron chi connectivity index (χ3n) is 4.18. The van der Waals surface area contributed by atoms with Gasteiger partial charge in [-0.2, -0.15) is 0 Å². The summed E-state index contributed by atoms with van der Waals surface area (Å²) in [6, 6.07) is 16.3. The molecule has 0 saturated carbocycles. The number of amides is 2. The Morgan fingerprint density at radius 2 is 1.92 bits per heavy atom. The second kappa shape index (κ2) is 7.01. The molecule has 128 valence electrons. The average Bonchev–Trinajstić information content (AvgIpc) is 3.19. The van der Waals surface area contributed by atoms with Crippen LogP contribution in [-0.2, 0) is 11.3 Å². The molecule has 2 aromatic heterocycles. The Balaban J connectivity index is 1.72. The zero-order valence-corrected chi connectivity index (χ0v) is 14.6. The van der Waals surface area contributed by atoms with Gasteiger partial charge in [0.05, 0.1) is 12.5 Å². The fourth-order valence-corrected chi connectivity index (χ4v) is 3.59. The monoisotopic (exact) mass is 361 g/mol. The molecule has 0 spiro atoms. The fraction of sp³-hybridized carbons (Fsp3) is 0.100. The maximum Gasteiger partial charge on any atom is 0.266 e. The van der Waals surface area contributed by atoms with E-state index in [1.165, 1.54) is 0 Å². The Labute approximate surface area is 154 Å². The molecule has 0 bridgehead atoms. The lowest BCUT2D eigenvalue weighted by molar-refractivity contribution is -0.118. The highest BCUT2D eigenvalue weighted by molar-refractivity contribution is 7.09. The minimum Gasteiger partial charge on any atom is -0.291 e. The highest BCUT2D eigenvalue weighted by atomic mass is 32.1. The summed E-state index contributed by atoms with van der Waals surface area (Å²) in [5.41, 5.74) is 1.19. The van der Waals surface area contributed by atoms with Crippen LogP contribution in [0.15, 0.2) is 71.2 Å². The molecule has 1 aliphatic heterocycles. The van der Waals surface area contributed by atoms with Crippen LogP contribution in [0.25, 0.3) is 0 Å². The minimum atomic E-state index is -0.606. The van der Waals surface area contributed by atoms with Crippen molar-refractivity contribution in [3.8, 4) is 0 Å². The predicted octanol–water partition coefficient (Wildman–Crippen LogP) is 3.68. The Kier molecular flexibility index (Phi) is 4.41. The van der Waals surface area contributed by atoms with Gasteiger partial charge in [0.25, 0.3) is 5.91 Å². The van der Waals surface area contributed by atoms with Crippen molar-refractivity contribution in [1.82, 2.24) is 4.98 Å². The zero-order chi connectivity index (χ0) is 17.9. The lowest BCUT2D eigenvalue weighted by Gasteiger charge is -2.30. The van der Waals surface area contributed by atoms with E-state index in [-0.39, 0.29) is 11.8 Å². The quantitative estimate of drug-likeness (QED) is 0.526. The van der Waals surface area contributed by atoms with Crippen LogP contribution in [0.2, 0.25) is 0 Å². The van der Waals surface area contributed by atoms with Crippen molar-refractivity contribution in [2.75, 3.05) is 4.90 Å². The number of hydrogen-bond donors (Lipinski definition) is 0. The Bertz CT molecular complexity index is 968. The van der Waals surface area contributed by atoms with E-state index in [1.54, 1.807) is 54.1 Å². The molecule has 0 aliphatic carbocycles. The van der Waals surface area contributed by atoms with Gasteiger partial charge in [-0.1, -0.05) is 30.3 Å². The molecule has 0 N–H and O–H groups in total. The molecule has 26 heavy (non-hydrogen) atoms. The Morgan fingerprint density at radius 3 is 2.69 bits per heavy atom. The first-order valence-corrected chi connectivity index (χ1v) is 9.04. The van der Waals surface area contributed by atoms with Gasteiger partial charge in [-0.25, -0.2) is 9.88 Å². The zero-order valence-electron chi connectivity index (χ0n) is 13.8. The first-order valence-electron chi connectivity index (χ1n) is 8.16. The number of hydrogen-bond acceptors (Lipinski definition) is 5. The average molecular weight is 361 g/mol. The van der Waals surface area contributed by atoms with Crippen LogP contribution in [0.4, 0.5) is 5.82 Å². The summed E-state index contributed by atoms with van der Waals surface area (Å²) in [6.45, 7) is 0.515. The molecular formula is C20H15N3O2S. The molecule has 6 heteroatoms. The molecule has 4 rings (SSSR count). The largest absolute Gasteiger partial charge is 0.291 e. The second-order valence-electron chi connectivity index (χ2n) is 5.80. The van der Waals surface area contributed by atoms with E-state index in [0.717, 1.165) is 9.78 Å². The van der Waals surface area contributed by atoms with Crippen LogP contribution in [-0.4, -0.2) is 23.0 Å². The second-order valence-corrected chi connectivity index (χ2v) is 6.83. The van der Waals surface area contributed by atoms with Crippen LogP contribution in [0, 0.1) is 0 Å². The van der Waals surface area contributed by atoms with Gasteiger partial charge < -0.3 is 0 Å². The molecule has 3 heterocycles. The first kappa shape index (κ1) is 16.4. The van der Waals surface area contributed by atoms with E-state index in [0.29, 0.717) is 23.5 Å². The van der Waals surface area contributed by atoms with Crippen LogP contribution in [0.1, 0.15) is 26.7 Å². The molecule has 1 atom stereocenters. The number of pyridine rings is 1. The maximum atomic E-state index is 13.1. The van der Waals surface area contributed by atoms with Crippen LogP contribution >= 0.6 is 11.3 Å². The van der Waals surface area contributed by atoms with Crippen LogP contribution < -0.4 is 4.90 Å². The van der Waals surface area contributed by atoms with Gasteiger partial charge in [0, 0.05) is 22.9 Å². The van der Waals surface area contributed by atoms with Gasteiger partial charge in [-0.05, 0) is 35.2 Å². The van der Waals surface area contributed by atoms with Gasteiger partial charge in [0.15, 0.2) is 0 Å². The molecule has 2 amide bonds. The number of fused-ring (bicyclic) bond motifs is 1. The number of rotatable bonds is 4. The minimum absolute atomic E-state index is 0.327. The standard InChI is InChI=1S/C20H15N3O2S/c24-19-16-8-2-1-7-15(16)17(13-21-12-14-6-5-11-26-14)20(25)23(19)18-9-3-4-10-22-18/h1-11,13,17H,12H2/t17-/m1/s1. The van der Waals surface area contributed by atoms with Crippen molar-refractivity contribution in [3.05, 3.63) is 82.2 Å². The van der Waals surface area contributed by atoms with E-state index in [4.69, 9.17) is 0 Å². The van der Waals surface area contributed by atoms with Gasteiger partial charge in [-0.3, -0.25) is 14.6 Å². The lowest BCUT2D eigenvalue weighted by atomic mass is 9.89. The number of carbonyl (C=O) groups excluding carboxylic acids is 2. The molecular weight excluding hydrogens is 346 g/mol. The third kappa shape index (κ3) is 2.95. The highest BCUT2D eigenvalue weighted by Crippen LogP contribution is 2.31. The van der Waals surface area contributed by atoms with Crippen molar-refractivity contribution in [2.45, 2.75) is 12.5 Å². The topological polar surface area (TPSA) is 62.6 Å². The van der Waals surface area contributed by atoms with E-state index in [9.17, 15) is 9.59 Å². The van der Waals surface area contributed by atoms with Crippen molar-refractivity contribution in [1.29, 1.82) is 0 Å². The molecule has 3 aromatic rings. The molecule has 1 aromatic carbocycles. The Hall–Kier alpha value is -3.12. The summed E-state index contributed by atoms with van der Waals surface area (Å²) in [6.07, 6.45) is 3.21. The van der Waals surface area contributed by atoms with Crippen molar-refractivity contribution in [2.24, 2.45) is 4.99 Å². The van der Waals surface area contributed by atoms with Crippen molar-refractivity contribution >= 4 is 35.2 Å². The third-order valence-corrected chi connectivity index (χ3v) is 5.04. The van der Waals surface area contributed by atoms with Crippen molar-refractivity contribution < 1.29 is 9.59 Å². The summed E-state index contributed by atoms with van der Waals surface area (Å²) < 4.78 is 0. The number of aromatic nitrogens is 1. The Morgan fingerprint density at radius 1 is 1.08 bits per heavy atom. The van der Waals surface area contributed by atoms with Gasteiger partial charge in [-0.15, -0.1) is 11.3 Å². The van der Waals surface area contributed by atoms with E-state index < -0.39 is 5.92 Å². The summed E-state index contributed by atoms with van der Waals surface area (Å²) in [4.78, 5) is 36.8. The number of aliphatic imine (C=N–C) groups is 1. The summed E-state index contributed by atoms with van der Waals surface area (Å²) in [5.74, 6) is -0.964. The summed E-state index contributed by atoms with van der Waals surface area (Å²) in [5, 5.41) is 1.99. The molecule has 0 unspecified atom stereocenters. The molecule has 0 radical (unpaired) electrons. The number of benzene rings is 1. The molecule has 1 aliphatic rings. The van der Waals surface area contributed by atoms with E-state index in [2.05, 4.69) is 9.98 Å². The molecule has 0 saturated heterocycles. The number of thiophene rings is 1. The van der Waals surface area contributed by atoms with Crippen molar-refractivity contribution in [3.63, 3.8) is 0 Å². The predicted molar refractivity (Wildman–Crippen MR) is 102 cm³/mol. The number of anilines is 1. The highest BCUT2D eigenvalue weighted by Gasteiger charge is 2.39. The summed E-state index contributed by atoms with van der Waals surface area (Å²) in [7, 11) is 0. The van der Waals surface area contributed by atoms with Gasteiger partial charge in [0.1, 0.15) is 5.82 Å². The van der Waals surface area contributed by atoms with Crippen LogP contribution in [0.5, 0.6) is 0 Å². The normalized spacial score (nSPS) is 16.9. The maximum absolute atomic E-state index is 13.1.